The van der Waals surface area contributed by atoms with Crippen LogP contribution in [0, 0.1) is 0 Å². The highest BCUT2D eigenvalue weighted by Gasteiger charge is 2.23. The minimum absolute atomic E-state index is 0.0492. The van der Waals surface area contributed by atoms with Crippen molar-refractivity contribution < 1.29 is 9.53 Å². The lowest BCUT2D eigenvalue weighted by Gasteiger charge is -2.10. The van der Waals surface area contributed by atoms with Gasteiger partial charge in [0.2, 0.25) is 5.91 Å². The fourth-order valence-corrected chi connectivity index (χ4v) is 3.45. The number of halogens is 1. The number of ether oxygens (including phenoxy) is 1. The van der Waals surface area contributed by atoms with E-state index in [0.717, 1.165) is 35.5 Å². The van der Waals surface area contributed by atoms with Crippen molar-refractivity contribution in [1.82, 2.24) is 24.6 Å². The first-order valence-electron chi connectivity index (χ1n) is 9.32. The van der Waals surface area contributed by atoms with E-state index in [4.69, 9.17) is 21.4 Å². The number of carbonyl (C=O) groups excluding carboxylic acids is 1. The number of nitrogens with one attached hydrogen (secondary N) is 1. The number of benzene rings is 1. The highest BCUT2D eigenvalue weighted by Crippen LogP contribution is 2.30. The topological polar surface area (TPSA) is 74.0 Å². The number of nitrogens with zero attached hydrogens (tertiary/aromatic N) is 4. The Morgan fingerprint density at radius 3 is 2.86 bits per heavy atom. The van der Waals surface area contributed by atoms with E-state index in [1.54, 1.807) is 6.20 Å². The summed E-state index contributed by atoms with van der Waals surface area (Å²) in [5.41, 5.74) is 2.77. The van der Waals surface area contributed by atoms with Crippen molar-refractivity contribution in [3.8, 4) is 22.6 Å². The summed E-state index contributed by atoms with van der Waals surface area (Å²) in [7, 11) is 1.94. The molecule has 0 spiro atoms. The van der Waals surface area contributed by atoms with Crippen molar-refractivity contribution in [2.24, 2.45) is 7.05 Å². The van der Waals surface area contributed by atoms with Crippen LogP contribution in [0.15, 0.2) is 42.9 Å². The van der Waals surface area contributed by atoms with Crippen molar-refractivity contribution in [2.75, 3.05) is 13.2 Å². The second-order valence-corrected chi connectivity index (χ2v) is 7.25. The van der Waals surface area contributed by atoms with E-state index < -0.39 is 0 Å². The summed E-state index contributed by atoms with van der Waals surface area (Å²) in [6.45, 7) is 1.71. The number of aryl methyl sites for hydroxylation is 1. The smallest absolute Gasteiger partial charge is 0.249 e. The van der Waals surface area contributed by atoms with Gasteiger partial charge in [-0.3, -0.25) is 9.48 Å². The Kier molecular flexibility index (Phi) is 5.45. The molecule has 1 N–H and O–H groups in total. The minimum atomic E-state index is -0.314. The van der Waals surface area contributed by atoms with Gasteiger partial charge in [0.15, 0.2) is 5.82 Å². The molecule has 1 saturated heterocycles. The lowest BCUT2D eigenvalue weighted by Crippen LogP contribution is -2.36. The zero-order chi connectivity index (χ0) is 19.5. The van der Waals surface area contributed by atoms with Gasteiger partial charge in [-0.1, -0.05) is 23.7 Å². The maximum absolute atomic E-state index is 12.1. The molecule has 1 fully saturated rings. The minimum Gasteiger partial charge on any atom is -0.368 e. The van der Waals surface area contributed by atoms with Crippen molar-refractivity contribution in [3.63, 3.8) is 0 Å². The standard InChI is InChI=1S/C20H22ClN5O2/c1-25-10-8-22-19(25)18-16(14-4-6-15(21)7-5-14)13-26(24-18)11-9-23-20(27)17-3-2-12-28-17/h4-8,10,13,17H,2-3,9,11-12H2,1H3,(H,23,27). The summed E-state index contributed by atoms with van der Waals surface area (Å²) in [4.78, 5) is 16.5. The fraction of sp³-hybridized carbons (Fsp3) is 0.350. The molecule has 1 amide bonds. The molecule has 2 aromatic heterocycles. The van der Waals surface area contributed by atoms with Crippen LogP contribution in [0.3, 0.4) is 0 Å². The third kappa shape index (κ3) is 3.95. The maximum Gasteiger partial charge on any atom is 0.249 e. The maximum atomic E-state index is 12.1. The highest BCUT2D eigenvalue weighted by molar-refractivity contribution is 6.30. The molecule has 0 saturated carbocycles. The van der Waals surface area contributed by atoms with Crippen LogP contribution in [0.1, 0.15) is 12.8 Å². The summed E-state index contributed by atoms with van der Waals surface area (Å²) < 4.78 is 9.19. The summed E-state index contributed by atoms with van der Waals surface area (Å²) in [6.07, 6.45) is 7.03. The van der Waals surface area contributed by atoms with Gasteiger partial charge < -0.3 is 14.6 Å². The van der Waals surface area contributed by atoms with Crippen molar-refractivity contribution in [2.45, 2.75) is 25.5 Å². The normalized spacial score (nSPS) is 16.4. The molecule has 1 aliphatic heterocycles. The average Bonchev–Trinajstić information content (AvgIpc) is 3.43. The second kappa shape index (κ2) is 8.16. The summed E-state index contributed by atoms with van der Waals surface area (Å²) >= 11 is 6.03. The van der Waals surface area contributed by atoms with Crippen molar-refractivity contribution in [3.05, 3.63) is 47.9 Å². The molecule has 3 heterocycles. The van der Waals surface area contributed by atoms with Crippen LogP contribution in [0.25, 0.3) is 22.6 Å². The Morgan fingerprint density at radius 1 is 1.36 bits per heavy atom. The second-order valence-electron chi connectivity index (χ2n) is 6.82. The molecular formula is C20H22ClN5O2. The summed E-state index contributed by atoms with van der Waals surface area (Å²) in [5.74, 6) is 0.735. The molecule has 146 valence electrons. The lowest BCUT2D eigenvalue weighted by molar-refractivity contribution is -0.130. The van der Waals surface area contributed by atoms with Crippen LogP contribution < -0.4 is 5.32 Å². The van der Waals surface area contributed by atoms with Gasteiger partial charge in [0.25, 0.3) is 0 Å². The molecule has 1 aliphatic rings. The molecule has 0 radical (unpaired) electrons. The van der Waals surface area contributed by atoms with Gasteiger partial charge >= 0.3 is 0 Å². The van der Waals surface area contributed by atoms with E-state index in [9.17, 15) is 4.79 Å². The molecule has 1 aromatic carbocycles. The van der Waals surface area contributed by atoms with E-state index in [2.05, 4.69) is 10.3 Å². The third-order valence-electron chi connectivity index (χ3n) is 4.81. The number of rotatable bonds is 6. The Bertz CT molecular complexity index is 957. The van der Waals surface area contributed by atoms with Gasteiger partial charge in [0.05, 0.1) is 6.54 Å². The number of carbonyl (C=O) groups is 1. The zero-order valence-electron chi connectivity index (χ0n) is 15.6. The van der Waals surface area contributed by atoms with E-state index in [0.29, 0.717) is 24.7 Å². The highest BCUT2D eigenvalue weighted by atomic mass is 35.5. The Balaban J connectivity index is 1.54. The molecule has 1 unspecified atom stereocenters. The van der Waals surface area contributed by atoms with Crippen LogP contribution >= 0.6 is 11.6 Å². The largest absolute Gasteiger partial charge is 0.368 e. The first-order chi connectivity index (χ1) is 13.6. The zero-order valence-corrected chi connectivity index (χ0v) is 16.4. The summed E-state index contributed by atoms with van der Waals surface area (Å²) in [6, 6.07) is 7.65. The van der Waals surface area contributed by atoms with Crippen LogP contribution in [-0.2, 0) is 23.1 Å². The van der Waals surface area contributed by atoms with Gasteiger partial charge in [-0.05, 0) is 30.5 Å². The van der Waals surface area contributed by atoms with E-state index >= 15 is 0 Å². The molecule has 4 rings (SSSR count). The molecule has 0 bridgehead atoms. The quantitative estimate of drug-likeness (QED) is 0.691. The molecule has 7 nitrogen and oxygen atoms in total. The Hall–Kier alpha value is -2.64. The average molecular weight is 400 g/mol. The van der Waals surface area contributed by atoms with Gasteiger partial charge in [-0.15, -0.1) is 0 Å². The number of aromatic nitrogens is 4. The summed E-state index contributed by atoms with van der Waals surface area (Å²) in [5, 5.41) is 8.34. The van der Waals surface area contributed by atoms with E-state index in [1.807, 2.05) is 53.0 Å². The van der Waals surface area contributed by atoms with Crippen LogP contribution in [0.5, 0.6) is 0 Å². The van der Waals surface area contributed by atoms with Gasteiger partial charge in [-0.25, -0.2) is 4.98 Å². The van der Waals surface area contributed by atoms with Crippen molar-refractivity contribution in [1.29, 1.82) is 0 Å². The Labute approximate surface area is 168 Å². The van der Waals surface area contributed by atoms with Gasteiger partial charge in [0.1, 0.15) is 11.8 Å². The Morgan fingerprint density at radius 2 is 2.18 bits per heavy atom. The molecule has 1 atom stereocenters. The number of hydrogen-bond acceptors (Lipinski definition) is 4. The van der Waals surface area contributed by atoms with Crippen molar-refractivity contribution >= 4 is 17.5 Å². The number of amides is 1. The predicted molar refractivity (Wildman–Crippen MR) is 107 cm³/mol. The van der Waals surface area contributed by atoms with Gasteiger partial charge in [-0.2, -0.15) is 5.10 Å². The monoisotopic (exact) mass is 399 g/mol. The van der Waals surface area contributed by atoms with E-state index in [-0.39, 0.29) is 12.0 Å². The number of hydrogen-bond donors (Lipinski definition) is 1. The van der Waals surface area contributed by atoms with E-state index in [1.165, 1.54) is 0 Å². The lowest BCUT2D eigenvalue weighted by atomic mass is 10.1. The number of imidazole rings is 1. The first kappa shape index (κ1) is 18.7. The first-order valence-corrected chi connectivity index (χ1v) is 9.70. The van der Waals surface area contributed by atoms with Gasteiger partial charge in [0, 0.05) is 49.4 Å². The van der Waals surface area contributed by atoms with Crippen LogP contribution in [0.2, 0.25) is 5.02 Å². The van der Waals surface area contributed by atoms with Crippen LogP contribution in [0.4, 0.5) is 0 Å². The predicted octanol–water partition coefficient (Wildman–Crippen LogP) is 2.90. The molecular weight excluding hydrogens is 378 g/mol. The SMILES string of the molecule is Cn1ccnc1-c1nn(CCNC(=O)C2CCCO2)cc1-c1ccc(Cl)cc1. The molecule has 8 heteroatoms. The third-order valence-corrected chi connectivity index (χ3v) is 5.06. The molecule has 28 heavy (non-hydrogen) atoms. The van der Waals surface area contributed by atoms with Crippen LogP contribution in [-0.4, -0.2) is 44.5 Å². The molecule has 0 aliphatic carbocycles. The fourth-order valence-electron chi connectivity index (χ4n) is 3.33. The molecule has 3 aromatic rings.